The zero-order chi connectivity index (χ0) is 19.4. The molecule has 0 saturated carbocycles. The molecule has 6 nitrogen and oxygen atoms in total. The number of hydrogen-bond acceptors (Lipinski definition) is 4. The van der Waals surface area contributed by atoms with E-state index in [1.165, 1.54) is 0 Å². The second-order valence-corrected chi connectivity index (χ2v) is 6.94. The minimum absolute atomic E-state index is 0.201. The van der Waals surface area contributed by atoms with Gasteiger partial charge in [0.05, 0.1) is 12.0 Å². The maximum atomic E-state index is 13.0. The van der Waals surface area contributed by atoms with Crippen LogP contribution in [0.4, 0.5) is 0 Å². The number of pyridine rings is 2. The monoisotopic (exact) mass is 367 g/mol. The lowest BCUT2D eigenvalue weighted by Gasteiger charge is -2.31. The lowest BCUT2D eigenvalue weighted by Crippen LogP contribution is -2.41. The van der Waals surface area contributed by atoms with E-state index in [2.05, 4.69) is 10.9 Å². The van der Waals surface area contributed by atoms with Crippen LogP contribution in [0.15, 0.2) is 23.1 Å². The Hall–Kier alpha value is -2.65. The fourth-order valence-corrected chi connectivity index (χ4v) is 3.51. The van der Waals surface area contributed by atoms with E-state index in [1.807, 2.05) is 18.4 Å². The van der Waals surface area contributed by atoms with Crippen molar-refractivity contribution >= 4 is 16.9 Å². The van der Waals surface area contributed by atoms with E-state index >= 15 is 0 Å². The molecule has 2 aromatic heterocycles. The van der Waals surface area contributed by atoms with E-state index in [4.69, 9.17) is 11.2 Å². The number of nitrogens with zero attached hydrogens (tertiary/aromatic N) is 3. The van der Waals surface area contributed by atoms with Crippen molar-refractivity contribution in [3.05, 3.63) is 39.8 Å². The Balaban J connectivity index is 1.81. The van der Waals surface area contributed by atoms with Gasteiger partial charge in [-0.2, -0.15) is 0 Å². The summed E-state index contributed by atoms with van der Waals surface area (Å²) in [6.07, 6.45) is 8.55. The van der Waals surface area contributed by atoms with Gasteiger partial charge in [-0.25, -0.2) is 4.98 Å². The summed E-state index contributed by atoms with van der Waals surface area (Å²) in [6, 6.07) is 3.57. The Morgan fingerprint density at radius 3 is 2.78 bits per heavy atom. The van der Waals surface area contributed by atoms with E-state index in [-0.39, 0.29) is 16.9 Å². The minimum Gasteiger partial charge on any atom is -0.369 e. The van der Waals surface area contributed by atoms with Crippen molar-refractivity contribution in [1.29, 1.82) is 0 Å². The summed E-state index contributed by atoms with van der Waals surface area (Å²) in [5.74, 6) is 2.66. The summed E-state index contributed by atoms with van der Waals surface area (Å²) in [6.45, 7) is 6.69. The molecule has 0 radical (unpaired) electrons. The van der Waals surface area contributed by atoms with Crippen molar-refractivity contribution in [3.8, 4) is 12.3 Å². The maximum absolute atomic E-state index is 13.0. The molecule has 0 aromatic carbocycles. The molecule has 3 rings (SSSR count). The normalized spacial score (nSPS) is 15.1. The van der Waals surface area contributed by atoms with Gasteiger partial charge in [-0.15, -0.1) is 6.42 Å². The van der Waals surface area contributed by atoms with Gasteiger partial charge in [-0.3, -0.25) is 9.59 Å². The van der Waals surface area contributed by atoms with Crippen molar-refractivity contribution in [1.82, 2.24) is 14.5 Å². The molecule has 0 aliphatic carbocycles. The molecule has 1 aliphatic heterocycles. The van der Waals surface area contributed by atoms with Crippen LogP contribution in [0, 0.1) is 25.2 Å². The Morgan fingerprint density at radius 2 is 2.11 bits per heavy atom. The molecule has 1 aliphatic rings. The van der Waals surface area contributed by atoms with Crippen LogP contribution in [0.3, 0.4) is 0 Å². The zero-order valence-electron chi connectivity index (χ0n) is 15.9. The molecule has 1 amide bonds. The van der Waals surface area contributed by atoms with Crippen molar-refractivity contribution < 1.29 is 9.53 Å². The topological polar surface area (TPSA) is 64.4 Å². The molecule has 142 valence electrons. The van der Waals surface area contributed by atoms with E-state index in [1.54, 1.807) is 23.2 Å². The Kier molecular flexibility index (Phi) is 5.92. The van der Waals surface area contributed by atoms with Gasteiger partial charge >= 0.3 is 0 Å². The number of piperidine rings is 1. The largest absolute Gasteiger partial charge is 0.369 e. The van der Waals surface area contributed by atoms with Gasteiger partial charge in [-0.1, -0.05) is 5.92 Å². The molecule has 6 heteroatoms. The first kappa shape index (κ1) is 19.1. The molecule has 1 saturated heterocycles. The average molecular weight is 367 g/mol. The third kappa shape index (κ3) is 4.04. The van der Waals surface area contributed by atoms with Crippen LogP contribution in [0.5, 0.6) is 0 Å². The fraction of sp³-hybridized carbons (Fsp3) is 0.476. The van der Waals surface area contributed by atoms with E-state index in [0.717, 1.165) is 18.5 Å². The summed E-state index contributed by atoms with van der Waals surface area (Å²) < 4.78 is 7.28. The van der Waals surface area contributed by atoms with E-state index in [0.29, 0.717) is 49.8 Å². The SMILES string of the molecule is C#CCOCC1CCN(C(=O)c2cn(CC)c3nc(C)ccc3c2=O)CC1. The third-order valence-corrected chi connectivity index (χ3v) is 5.07. The van der Waals surface area contributed by atoms with Gasteiger partial charge < -0.3 is 14.2 Å². The van der Waals surface area contributed by atoms with E-state index < -0.39 is 0 Å². The third-order valence-electron chi connectivity index (χ3n) is 5.07. The summed E-state index contributed by atoms with van der Waals surface area (Å²) in [5.41, 5.74) is 1.45. The number of aryl methyl sites for hydroxylation is 2. The van der Waals surface area contributed by atoms with E-state index in [9.17, 15) is 9.59 Å². The van der Waals surface area contributed by atoms with Crippen LogP contribution in [0.1, 0.15) is 35.8 Å². The molecule has 2 aromatic rings. The smallest absolute Gasteiger partial charge is 0.259 e. The van der Waals surface area contributed by atoms with Crippen LogP contribution < -0.4 is 5.43 Å². The highest BCUT2D eigenvalue weighted by atomic mass is 16.5. The molecule has 3 heterocycles. The first-order chi connectivity index (χ1) is 13.0. The lowest BCUT2D eigenvalue weighted by molar-refractivity contribution is 0.0580. The van der Waals surface area contributed by atoms with Gasteiger partial charge in [0.15, 0.2) is 0 Å². The lowest BCUT2D eigenvalue weighted by atomic mass is 9.97. The number of carbonyl (C=O) groups excluding carboxylic acids is 1. The van der Waals surface area contributed by atoms with Crippen LogP contribution in [0.25, 0.3) is 11.0 Å². The molecule has 0 unspecified atom stereocenters. The number of terminal acetylenes is 1. The van der Waals surface area contributed by atoms with Gasteiger partial charge in [-0.05, 0) is 44.7 Å². The fourth-order valence-electron chi connectivity index (χ4n) is 3.51. The predicted molar refractivity (Wildman–Crippen MR) is 105 cm³/mol. The van der Waals surface area contributed by atoms with Crippen molar-refractivity contribution in [2.75, 3.05) is 26.3 Å². The zero-order valence-corrected chi connectivity index (χ0v) is 15.9. The van der Waals surface area contributed by atoms with Gasteiger partial charge in [0, 0.05) is 31.5 Å². The van der Waals surface area contributed by atoms with Crippen LogP contribution in [-0.2, 0) is 11.3 Å². The van der Waals surface area contributed by atoms with Crippen molar-refractivity contribution in [2.45, 2.75) is 33.2 Å². The molecular formula is C21H25N3O3. The highest BCUT2D eigenvalue weighted by Crippen LogP contribution is 2.20. The van der Waals surface area contributed by atoms with Gasteiger partial charge in [0.2, 0.25) is 5.43 Å². The average Bonchev–Trinajstić information content (AvgIpc) is 2.68. The number of aromatic nitrogens is 2. The van der Waals surface area contributed by atoms with Gasteiger partial charge in [0.1, 0.15) is 17.8 Å². The Morgan fingerprint density at radius 1 is 1.37 bits per heavy atom. The Bertz CT molecular complexity index is 934. The Labute approximate surface area is 159 Å². The maximum Gasteiger partial charge on any atom is 0.259 e. The minimum atomic E-state index is -0.244. The second kappa shape index (κ2) is 8.36. The predicted octanol–water partition coefficient (Wildman–Crippen LogP) is 2.23. The summed E-state index contributed by atoms with van der Waals surface area (Å²) in [7, 11) is 0. The molecule has 1 fully saturated rings. The quantitative estimate of drug-likeness (QED) is 0.600. The first-order valence-corrected chi connectivity index (χ1v) is 9.36. The van der Waals surface area contributed by atoms with Crippen LogP contribution >= 0.6 is 0 Å². The second-order valence-electron chi connectivity index (χ2n) is 6.94. The molecule has 27 heavy (non-hydrogen) atoms. The number of rotatable bonds is 5. The number of fused-ring (bicyclic) bond motifs is 1. The van der Waals surface area contributed by atoms with Crippen LogP contribution in [-0.4, -0.2) is 46.7 Å². The number of hydrogen-bond donors (Lipinski definition) is 0. The molecule has 0 atom stereocenters. The van der Waals surface area contributed by atoms with Gasteiger partial charge in [0.25, 0.3) is 5.91 Å². The van der Waals surface area contributed by atoms with Crippen LogP contribution in [0.2, 0.25) is 0 Å². The summed E-state index contributed by atoms with van der Waals surface area (Å²) in [5, 5.41) is 0.492. The number of ether oxygens (including phenoxy) is 1. The standard InChI is InChI=1S/C21H25N3O3/c1-4-12-27-14-16-8-10-24(11-9-16)21(26)18-13-23(5-2)20-17(19(18)25)7-6-15(3)22-20/h1,6-7,13,16H,5,8-12,14H2,2-3H3. The first-order valence-electron chi connectivity index (χ1n) is 9.36. The van der Waals surface area contributed by atoms with Crippen molar-refractivity contribution in [3.63, 3.8) is 0 Å². The summed E-state index contributed by atoms with van der Waals surface area (Å²) >= 11 is 0. The molecule has 0 spiro atoms. The molecule has 0 N–H and O–H groups in total. The number of carbonyl (C=O) groups is 1. The highest BCUT2D eigenvalue weighted by molar-refractivity contribution is 5.97. The molecular weight excluding hydrogens is 342 g/mol. The molecule has 0 bridgehead atoms. The number of likely N-dealkylation sites (tertiary alicyclic amines) is 1. The summed E-state index contributed by atoms with van der Waals surface area (Å²) in [4.78, 5) is 32.1. The van der Waals surface area contributed by atoms with Crippen molar-refractivity contribution in [2.24, 2.45) is 5.92 Å². The highest BCUT2D eigenvalue weighted by Gasteiger charge is 2.26. The number of amides is 1.